The van der Waals surface area contributed by atoms with Gasteiger partial charge in [-0.15, -0.1) is 0 Å². The zero-order chi connectivity index (χ0) is 59.6. The fraction of sp³-hybridized carbons (Fsp3) is 0.642. The highest BCUT2D eigenvalue weighted by Crippen LogP contribution is 2.14. The second-order valence-corrected chi connectivity index (χ2v) is 18.7. The lowest BCUT2D eigenvalue weighted by atomic mass is 10.1. The summed E-state index contributed by atoms with van der Waals surface area (Å²) >= 11 is 0. The quantitative estimate of drug-likeness (QED) is 0.0190. The third-order valence-corrected chi connectivity index (χ3v) is 12.1. The lowest BCUT2D eigenvalue weighted by Gasteiger charge is -2.16. The van der Waals surface area contributed by atoms with E-state index in [0.29, 0.717) is 118 Å². The van der Waals surface area contributed by atoms with Crippen molar-refractivity contribution in [1.29, 1.82) is 0 Å². The molecule has 81 heavy (non-hydrogen) atoms. The number of rotatable bonds is 47. The molecule has 9 N–H and O–H groups in total. The predicted molar refractivity (Wildman–Crippen MR) is 286 cm³/mol. The number of benzene rings is 1. The normalized spacial score (nSPS) is 12.1. The fourth-order valence-electron chi connectivity index (χ4n) is 7.43. The molecule has 28 nitrogen and oxygen atoms in total. The summed E-state index contributed by atoms with van der Waals surface area (Å²) in [6, 6.07) is 5.02. The van der Waals surface area contributed by atoms with Crippen LogP contribution in [0.25, 0.3) is 0 Å². The van der Waals surface area contributed by atoms with Crippen molar-refractivity contribution in [2.45, 2.75) is 122 Å². The second kappa shape index (κ2) is 42.7. The van der Waals surface area contributed by atoms with Crippen molar-refractivity contribution >= 4 is 65.0 Å². The molecule has 1 aliphatic heterocycles. The van der Waals surface area contributed by atoms with Crippen molar-refractivity contribution in [2.24, 2.45) is 0 Å². The van der Waals surface area contributed by atoms with Gasteiger partial charge in [0.15, 0.2) is 0 Å². The molecule has 10 amide bonds. The van der Waals surface area contributed by atoms with Gasteiger partial charge in [-0.1, -0.05) is 6.07 Å². The van der Waals surface area contributed by atoms with Gasteiger partial charge >= 0.3 is 5.97 Å². The average molecular weight is 1150 g/mol. The number of carboxylic acid groups (broad SMARTS) is 1. The van der Waals surface area contributed by atoms with E-state index in [4.69, 9.17) is 18.9 Å². The van der Waals surface area contributed by atoms with Crippen LogP contribution in [-0.4, -0.2) is 211 Å². The average Bonchev–Trinajstić information content (AvgIpc) is 3.78. The summed E-state index contributed by atoms with van der Waals surface area (Å²) in [6.07, 6.45) is 8.00. The van der Waals surface area contributed by atoms with E-state index < -0.39 is 59.9 Å². The topological polar surface area (TPSA) is 379 Å². The highest BCUT2D eigenvalue weighted by atomic mass is 16.6. The Labute approximate surface area is 471 Å². The molecule has 28 heteroatoms. The summed E-state index contributed by atoms with van der Waals surface area (Å²) in [6.45, 7) is 4.14. The zero-order valence-electron chi connectivity index (χ0n) is 46.4. The molecule has 2 rings (SSSR count). The van der Waals surface area contributed by atoms with Gasteiger partial charge in [-0.3, -0.25) is 68.5 Å². The number of aliphatic carboxylic acids is 1. The number of carbonyl (C=O) groups excluding carboxylic acids is 10. The van der Waals surface area contributed by atoms with Crippen molar-refractivity contribution in [2.75, 3.05) is 98.6 Å². The number of hydroxylamine groups is 6. The van der Waals surface area contributed by atoms with E-state index in [2.05, 4.69) is 26.6 Å². The Morgan fingerprint density at radius 2 is 1.02 bits per heavy atom. The first kappa shape index (κ1) is 70.0. The van der Waals surface area contributed by atoms with Crippen molar-refractivity contribution < 1.29 is 92.4 Å². The first-order chi connectivity index (χ1) is 38.9. The van der Waals surface area contributed by atoms with E-state index in [-0.39, 0.29) is 128 Å². The number of carbonyl (C=O) groups is 11. The molecule has 0 aromatic heterocycles. The zero-order valence-corrected chi connectivity index (χ0v) is 46.4. The van der Waals surface area contributed by atoms with Crippen LogP contribution in [0.3, 0.4) is 0 Å². The van der Waals surface area contributed by atoms with Gasteiger partial charge in [-0.2, -0.15) is 0 Å². The Morgan fingerprint density at radius 3 is 1.53 bits per heavy atom. The van der Waals surface area contributed by atoms with E-state index in [0.717, 1.165) is 17.1 Å². The molecule has 1 heterocycles. The number of nitrogens with zero attached hydrogens (tertiary/aromatic N) is 4. The van der Waals surface area contributed by atoms with Crippen molar-refractivity contribution in [3.05, 3.63) is 42.0 Å². The Hall–Kier alpha value is -7.11. The Kier molecular flexibility index (Phi) is 36.9. The van der Waals surface area contributed by atoms with Gasteiger partial charge in [-0.25, -0.2) is 20.0 Å². The van der Waals surface area contributed by atoms with Crippen LogP contribution in [-0.2, 0) is 62.2 Å². The number of hydrogen-bond acceptors (Lipinski definition) is 18. The minimum Gasteiger partial charge on any atom is -0.491 e. The van der Waals surface area contributed by atoms with Crippen LogP contribution in [0.5, 0.6) is 5.75 Å². The van der Waals surface area contributed by atoms with Crippen LogP contribution in [0.2, 0.25) is 0 Å². The predicted octanol–water partition coefficient (Wildman–Crippen LogP) is 0.993. The molecule has 0 saturated heterocycles. The molecule has 0 bridgehead atoms. The minimum absolute atomic E-state index is 0.0601. The molecule has 0 aliphatic carbocycles. The smallest absolute Gasteiger partial charge is 0.326 e. The standard InChI is InChI=1S/C53H83N9O19/c1-40(63)60(75)28-9-2-6-24-54-44(64)17-19-50(70)61(76)29-10-3-7-25-55-45(65)18-20-51(71)62(77)30-11-4-8-26-56-46(66)23-31-78-32-33-79-34-35-80-36-37-81-42-15-13-14-41(38-42)52(72)57-39-47(67)58-43(53(73)74)16-5-12-27-59-48(68)21-22-49(59)69/h13-15,21-22,38,43,75-77H,2-12,16-20,23-37,39H2,1H3,(H,54,64)(H,55,65)(H,56,66)(H,57,72)(H,58,67)(H,73,74)/t43-/m0/s1. The Morgan fingerprint density at radius 1 is 0.543 bits per heavy atom. The molecule has 0 radical (unpaired) electrons. The molecule has 1 aromatic rings. The van der Waals surface area contributed by atoms with Gasteiger partial charge < -0.3 is 50.6 Å². The lowest BCUT2D eigenvalue weighted by molar-refractivity contribution is -0.166. The first-order valence-electron chi connectivity index (χ1n) is 27.4. The van der Waals surface area contributed by atoms with Crippen molar-refractivity contribution in [3.8, 4) is 5.75 Å². The maximum absolute atomic E-state index is 12.7. The summed E-state index contributed by atoms with van der Waals surface area (Å²) in [5.41, 5.74) is 0.212. The van der Waals surface area contributed by atoms with Crippen LogP contribution in [0.4, 0.5) is 0 Å². The van der Waals surface area contributed by atoms with E-state index in [1.54, 1.807) is 12.1 Å². The van der Waals surface area contributed by atoms with E-state index in [9.17, 15) is 73.5 Å². The summed E-state index contributed by atoms with van der Waals surface area (Å²) in [5.74, 6) is -5.49. The van der Waals surface area contributed by atoms with Gasteiger partial charge in [0.2, 0.25) is 41.4 Å². The largest absolute Gasteiger partial charge is 0.491 e. The van der Waals surface area contributed by atoms with Crippen molar-refractivity contribution in [1.82, 2.24) is 46.7 Å². The molecule has 454 valence electrons. The number of nitrogens with one attached hydrogen (secondary N) is 5. The maximum atomic E-state index is 12.7. The van der Waals surface area contributed by atoms with Gasteiger partial charge in [0.25, 0.3) is 17.7 Å². The Balaban J connectivity index is 1.38. The number of ether oxygens (including phenoxy) is 4. The van der Waals surface area contributed by atoms with Gasteiger partial charge in [0.05, 0.1) is 46.2 Å². The Bertz CT molecular complexity index is 2170. The van der Waals surface area contributed by atoms with Gasteiger partial charge in [0, 0.05) is 103 Å². The fourth-order valence-corrected chi connectivity index (χ4v) is 7.43. The molecule has 0 saturated carbocycles. The highest BCUT2D eigenvalue weighted by molar-refractivity contribution is 6.12. The molecule has 0 fully saturated rings. The molecule has 0 unspecified atom stereocenters. The van der Waals surface area contributed by atoms with Crippen LogP contribution < -0.4 is 31.3 Å². The van der Waals surface area contributed by atoms with Crippen LogP contribution in [0.15, 0.2) is 36.4 Å². The minimum atomic E-state index is -1.26. The summed E-state index contributed by atoms with van der Waals surface area (Å²) in [4.78, 5) is 133. The highest BCUT2D eigenvalue weighted by Gasteiger charge is 2.24. The summed E-state index contributed by atoms with van der Waals surface area (Å²) in [7, 11) is 0. The second-order valence-electron chi connectivity index (χ2n) is 18.7. The molecule has 1 atom stereocenters. The molecular weight excluding hydrogens is 1070 g/mol. The lowest BCUT2D eigenvalue weighted by Crippen LogP contribution is -2.45. The SMILES string of the molecule is CC(=O)N(O)CCCCCNC(=O)CCC(=O)N(O)CCCCCNC(=O)CCC(=O)N(O)CCCCCNC(=O)CCOCCOCCOCCOc1cccc(C(=O)NCC(=O)N[C@@H](CCCCN2C(=O)C=CC2=O)C(=O)O)c1. The summed E-state index contributed by atoms with van der Waals surface area (Å²) < 4.78 is 22.1. The van der Waals surface area contributed by atoms with E-state index in [1.807, 2.05) is 0 Å². The molecule has 0 spiro atoms. The first-order valence-corrected chi connectivity index (χ1v) is 27.4. The van der Waals surface area contributed by atoms with Crippen LogP contribution in [0.1, 0.15) is 126 Å². The molecule has 1 aliphatic rings. The van der Waals surface area contributed by atoms with Gasteiger partial charge in [-0.05, 0) is 95.2 Å². The van der Waals surface area contributed by atoms with E-state index in [1.165, 1.54) is 19.1 Å². The third kappa shape index (κ3) is 33.9. The number of amides is 10. The molecular formula is C53H83N9O19. The number of unbranched alkanes of at least 4 members (excludes halogenated alkanes) is 7. The monoisotopic (exact) mass is 1150 g/mol. The number of imide groups is 1. The number of carboxylic acids is 1. The maximum Gasteiger partial charge on any atom is 0.326 e. The van der Waals surface area contributed by atoms with Crippen LogP contribution in [0, 0.1) is 0 Å². The van der Waals surface area contributed by atoms with Crippen LogP contribution >= 0.6 is 0 Å². The van der Waals surface area contributed by atoms with Crippen molar-refractivity contribution in [3.63, 3.8) is 0 Å². The number of hydrogen-bond donors (Lipinski definition) is 9. The van der Waals surface area contributed by atoms with Gasteiger partial charge in [0.1, 0.15) is 18.4 Å². The third-order valence-electron chi connectivity index (χ3n) is 12.1. The molecule has 1 aromatic carbocycles. The van der Waals surface area contributed by atoms with E-state index >= 15 is 0 Å². The summed E-state index contributed by atoms with van der Waals surface area (Å²) in [5, 5.41) is 53.7.